The second-order valence-corrected chi connectivity index (χ2v) is 4.72. The number of aromatic carboxylic acids is 1. The second kappa shape index (κ2) is 6.49. The number of oxazole rings is 1. The first-order chi connectivity index (χ1) is 9.56. The van der Waals surface area contributed by atoms with Crippen LogP contribution in [-0.4, -0.2) is 16.1 Å². The van der Waals surface area contributed by atoms with E-state index in [1.54, 1.807) is 12.1 Å². The summed E-state index contributed by atoms with van der Waals surface area (Å²) < 4.78 is 5.12. The fraction of sp³-hybridized carbons (Fsp3) is 0. The zero-order chi connectivity index (χ0) is 14.5. The molecule has 0 unspecified atom stereocenters. The van der Waals surface area contributed by atoms with Crippen LogP contribution in [0.3, 0.4) is 0 Å². The van der Waals surface area contributed by atoms with Gasteiger partial charge in [0.2, 0.25) is 0 Å². The highest BCUT2D eigenvalue weighted by atomic mass is 32.1. The topological polar surface area (TPSA) is 63.3 Å². The molecule has 0 radical (unpaired) electrons. The van der Waals surface area contributed by atoms with Gasteiger partial charge >= 0.3 is 5.97 Å². The summed E-state index contributed by atoms with van der Waals surface area (Å²) in [7, 11) is 0. The van der Waals surface area contributed by atoms with Crippen molar-refractivity contribution in [2.24, 2.45) is 0 Å². The summed E-state index contributed by atoms with van der Waals surface area (Å²) in [5.41, 5.74) is 1.93. The van der Waals surface area contributed by atoms with Crippen molar-refractivity contribution < 1.29 is 14.3 Å². The van der Waals surface area contributed by atoms with Crippen molar-refractivity contribution in [2.75, 3.05) is 0 Å². The second-order valence-electron chi connectivity index (χ2n) is 3.82. The van der Waals surface area contributed by atoms with E-state index in [4.69, 9.17) is 9.52 Å². The average Bonchev–Trinajstić information content (AvgIpc) is 2.80. The van der Waals surface area contributed by atoms with E-state index in [2.05, 4.69) is 30.2 Å². The van der Waals surface area contributed by atoms with Crippen molar-refractivity contribution in [1.82, 2.24) is 4.98 Å². The molecule has 0 saturated carbocycles. The van der Waals surface area contributed by atoms with Gasteiger partial charge in [-0.3, -0.25) is 0 Å². The summed E-state index contributed by atoms with van der Waals surface area (Å²) in [5.74, 6) is -0.909. The number of benzene rings is 2. The van der Waals surface area contributed by atoms with E-state index in [1.807, 2.05) is 24.3 Å². The van der Waals surface area contributed by atoms with Crippen molar-refractivity contribution in [3.63, 3.8) is 0 Å². The number of hydrogen-bond acceptors (Lipinski definition) is 5. The van der Waals surface area contributed by atoms with Gasteiger partial charge in [-0.1, -0.05) is 24.8 Å². The van der Waals surface area contributed by atoms with E-state index < -0.39 is 5.97 Å². The van der Waals surface area contributed by atoms with Gasteiger partial charge < -0.3 is 9.52 Å². The third-order valence-electron chi connectivity index (χ3n) is 2.40. The van der Waals surface area contributed by atoms with E-state index in [0.717, 1.165) is 16.0 Å². The number of rotatable bonds is 1. The van der Waals surface area contributed by atoms with Crippen LogP contribution in [0.2, 0.25) is 0 Å². The van der Waals surface area contributed by atoms with Crippen LogP contribution in [0, 0.1) is 0 Å². The molecule has 20 heavy (non-hydrogen) atoms. The third kappa shape index (κ3) is 3.79. The highest BCUT2D eigenvalue weighted by molar-refractivity contribution is 7.80. The Bertz CT molecular complexity index is 690. The van der Waals surface area contributed by atoms with Crippen LogP contribution in [0.1, 0.15) is 10.4 Å². The quantitative estimate of drug-likeness (QED) is 0.599. The first-order valence-corrected chi connectivity index (χ1v) is 6.52. The van der Waals surface area contributed by atoms with Crippen LogP contribution in [-0.2, 0) is 0 Å². The van der Waals surface area contributed by atoms with Crippen molar-refractivity contribution in [2.45, 2.75) is 10.1 Å². The van der Waals surface area contributed by atoms with E-state index in [1.165, 1.54) is 12.1 Å². The highest BCUT2D eigenvalue weighted by Gasteiger charge is 1.99. The van der Waals surface area contributed by atoms with Gasteiger partial charge in [-0.05, 0) is 36.4 Å². The van der Waals surface area contributed by atoms with Crippen LogP contribution >= 0.6 is 25.3 Å². The molecule has 0 aliphatic carbocycles. The molecule has 1 aromatic heterocycles. The largest absolute Gasteiger partial charge is 0.478 e. The number of carboxylic acid groups (broad SMARTS) is 1. The highest BCUT2D eigenvalue weighted by Crippen LogP contribution is 2.16. The predicted octanol–water partition coefficient (Wildman–Crippen LogP) is 3.79. The van der Waals surface area contributed by atoms with Crippen molar-refractivity contribution in [1.29, 1.82) is 0 Å². The lowest BCUT2D eigenvalue weighted by atomic mass is 10.2. The van der Waals surface area contributed by atoms with Gasteiger partial charge in [-0.15, -0.1) is 12.6 Å². The van der Waals surface area contributed by atoms with E-state index in [-0.39, 0.29) is 5.56 Å². The molecule has 0 bridgehead atoms. The summed E-state index contributed by atoms with van der Waals surface area (Å²) in [6.45, 7) is 0. The summed E-state index contributed by atoms with van der Waals surface area (Å²) in [6.07, 6.45) is 0. The summed E-state index contributed by atoms with van der Waals surface area (Å²) in [5, 5.41) is 8.87. The zero-order valence-electron chi connectivity index (χ0n) is 10.2. The van der Waals surface area contributed by atoms with Crippen molar-refractivity contribution in [3.8, 4) is 0 Å². The van der Waals surface area contributed by atoms with E-state index in [0.29, 0.717) is 5.22 Å². The number of aromatic nitrogens is 1. The Balaban J connectivity index is 0.000000147. The molecule has 0 amide bonds. The molecule has 0 spiro atoms. The molecule has 6 heteroatoms. The minimum Gasteiger partial charge on any atom is -0.478 e. The number of carbonyl (C=O) groups is 1. The first-order valence-electron chi connectivity index (χ1n) is 5.63. The molecule has 0 aliphatic rings. The van der Waals surface area contributed by atoms with E-state index in [9.17, 15) is 4.79 Å². The summed E-state index contributed by atoms with van der Waals surface area (Å²) in [4.78, 5) is 15.1. The zero-order valence-corrected chi connectivity index (χ0v) is 12.0. The van der Waals surface area contributed by atoms with Crippen LogP contribution in [0.15, 0.2) is 63.1 Å². The van der Waals surface area contributed by atoms with Gasteiger partial charge in [0.1, 0.15) is 5.52 Å². The number of hydrogen-bond donors (Lipinski definition) is 3. The molecule has 0 fully saturated rings. The molecule has 0 saturated heterocycles. The fourth-order valence-corrected chi connectivity index (χ4v) is 1.82. The fourth-order valence-electron chi connectivity index (χ4n) is 1.46. The van der Waals surface area contributed by atoms with Crippen LogP contribution in [0.25, 0.3) is 11.1 Å². The standard InChI is InChI=1S/C7H5NOS.C7H6O2S/c10-7-8-5-3-1-2-4-6(5)9-7;8-7(9)5-1-3-6(10)4-2-5/h1-4H,(H,8,10);1-4,10H,(H,8,9). The van der Waals surface area contributed by atoms with Crippen molar-refractivity contribution >= 4 is 42.3 Å². The van der Waals surface area contributed by atoms with Gasteiger partial charge in [0, 0.05) is 4.90 Å². The maximum absolute atomic E-state index is 10.3. The Morgan fingerprint density at radius 1 is 1.05 bits per heavy atom. The molecule has 0 atom stereocenters. The lowest BCUT2D eigenvalue weighted by Gasteiger charge is -1.92. The van der Waals surface area contributed by atoms with E-state index >= 15 is 0 Å². The Morgan fingerprint density at radius 3 is 2.30 bits per heavy atom. The maximum Gasteiger partial charge on any atom is 0.335 e. The molecule has 2 aromatic carbocycles. The van der Waals surface area contributed by atoms with Gasteiger partial charge in [0.15, 0.2) is 5.58 Å². The third-order valence-corrected chi connectivity index (χ3v) is 2.89. The molecular formula is C14H11NO3S2. The number of thiol groups is 2. The molecule has 0 aliphatic heterocycles. The Morgan fingerprint density at radius 2 is 1.70 bits per heavy atom. The van der Waals surface area contributed by atoms with Gasteiger partial charge in [0.05, 0.1) is 5.56 Å². The van der Waals surface area contributed by atoms with Crippen molar-refractivity contribution in [3.05, 3.63) is 54.1 Å². The lowest BCUT2D eigenvalue weighted by Crippen LogP contribution is -1.94. The minimum absolute atomic E-state index is 0.290. The molecular weight excluding hydrogens is 294 g/mol. The average molecular weight is 305 g/mol. The molecule has 1 N–H and O–H groups in total. The predicted molar refractivity (Wildman–Crippen MR) is 81.9 cm³/mol. The minimum atomic E-state index is -0.909. The Hall–Kier alpha value is -1.92. The summed E-state index contributed by atoms with van der Waals surface area (Å²) in [6, 6.07) is 13.9. The molecule has 102 valence electrons. The lowest BCUT2D eigenvalue weighted by molar-refractivity contribution is 0.0697. The molecule has 3 rings (SSSR count). The smallest absolute Gasteiger partial charge is 0.335 e. The Kier molecular flexibility index (Phi) is 4.70. The molecule has 1 heterocycles. The molecule has 4 nitrogen and oxygen atoms in total. The normalized spacial score (nSPS) is 9.90. The van der Waals surface area contributed by atoms with Crippen LogP contribution < -0.4 is 0 Å². The van der Waals surface area contributed by atoms with Gasteiger partial charge in [0.25, 0.3) is 5.22 Å². The first kappa shape index (κ1) is 14.5. The van der Waals surface area contributed by atoms with Gasteiger partial charge in [-0.25, -0.2) is 9.78 Å². The SMILES string of the molecule is O=C(O)c1ccc(S)cc1.Sc1nc2ccccc2o1. The maximum atomic E-state index is 10.3. The number of carboxylic acids is 1. The Labute approximate surface area is 126 Å². The van der Waals surface area contributed by atoms with Gasteiger partial charge in [-0.2, -0.15) is 0 Å². The van der Waals surface area contributed by atoms with Crippen LogP contribution in [0.4, 0.5) is 0 Å². The molecule has 3 aromatic rings. The number of para-hydroxylation sites is 2. The van der Waals surface area contributed by atoms with Crippen LogP contribution in [0.5, 0.6) is 0 Å². The summed E-state index contributed by atoms with van der Waals surface area (Å²) >= 11 is 7.97. The monoisotopic (exact) mass is 305 g/mol. The number of nitrogens with zero attached hydrogens (tertiary/aromatic N) is 1. The number of fused-ring (bicyclic) bond motifs is 1.